The first kappa shape index (κ1) is 13.9. The highest BCUT2D eigenvalue weighted by Gasteiger charge is 2.25. The van der Waals surface area contributed by atoms with E-state index in [0.717, 1.165) is 29.4 Å². The van der Waals surface area contributed by atoms with Crippen LogP contribution >= 0.6 is 23.4 Å². The lowest BCUT2D eigenvalue weighted by Crippen LogP contribution is -2.33. The van der Waals surface area contributed by atoms with E-state index in [1.54, 1.807) is 16.4 Å². The summed E-state index contributed by atoms with van der Waals surface area (Å²) in [6.07, 6.45) is 0.0129. The van der Waals surface area contributed by atoms with Crippen LogP contribution in [0, 0.1) is 6.92 Å². The van der Waals surface area contributed by atoms with E-state index in [2.05, 4.69) is 5.10 Å². The molecule has 0 aromatic carbocycles. The van der Waals surface area contributed by atoms with Gasteiger partial charge in [0.05, 0.1) is 29.4 Å². The third kappa shape index (κ3) is 2.90. The zero-order chi connectivity index (χ0) is 13.1. The van der Waals surface area contributed by atoms with Crippen LogP contribution < -0.4 is 0 Å². The Morgan fingerprint density at radius 1 is 1.67 bits per heavy atom. The summed E-state index contributed by atoms with van der Waals surface area (Å²) in [4.78, 5) is 12.2. The molecule has 0 amide bonds. The molecule has 0 spiro atoms. The molecule has 1 aliphatic heterocycles. The largest absolute Gasteiger partial charge is 0.369 e. The lowest BCUT2D eigenvalue weighted by atomic mass is 10.1. The van der Waals surface area contributed by atoms with Crippen molar-refractivity contribution in [1.29, 1.82) is 0 Å². The standard InChI is InChI=1S/C12H17ClN2O2S/c1-3-15-9(12(13)8(2)14-15)6-10(16)11-7-18-5-4-17-11/h11H,3-7H2,1-2H3. The van der Waals surface area contributed by atoms with Crippen molar-refractivity contribution in [2.45, 2.75) is 32.9 Å². The quantitative estimate of drug-likeness (QED) is 0.851. The molecule has 2 heterocycles. The SMILES string of the molecule is CCn1nc(C)c(Cl)c1CC(=O)C1CSCCO1. The second kappa shape index (κ2) is 6.08. The molecule has 1 aliphatic rings. The average molecular weight is 289 g/mol. The van der Waals surface area contributed by atoms with E-state index in [0.29, 0.717) is 18.1 Å². The zero-order valence-corrected chi connectivity index (χ0v) is 12.2. The van der Waals surface area contributed by atoms with Crippen LogP contribution in [0.4, 0.5) is 0 Å². The molecule has 0 N–H and O–H groups in total. The minimum Gasteiger partial charge on any atom is -0.369 e. The number of aryl methyl sites for hydroxylation is 2. The number of ether oxygens (including phenoxy) is 1. The van der Waals surface area contributed by atoms with E-state index in [1.165, 1.54) is 0 Å². The number of hydrogen-bond acceptors (Lipinski definition) is 4. The number of Topliss-reactive ketones (excluding diaryl/α,β-unsaturated/α-hetero) is 1. The molecule has 1 atom stereocenters. The van der Waals surface area contributed by atoms with Gasteiger partial charge in [-0.2, -0.15) is 16.9 Å². The molecular weight excluding hydrogens is 272 g/mol. The second-order valence-electron chi connectivity index (χ2n) is 4.24. The van der Waals surface area contributed by atoms with Crippen LogP contribution in [0.25, 0.3) is 0 Å². The van der Waals surface area contributed by atoms with Crippen molar-refractivity contribution >= 4 is 29.1 Å². The molecule has 0 aliphatic carbocycles. The van der Waals surface area contributed by atoms with E-state index in [-0.39, 0.29) is 11.9 Å². The summed E-state index contributed by atoms with van der Waals surface area (Å²) in [5, 5.41) is 4.92. The van der Waals surface area contributed by atoms with Crippen molar-refractivity contribution in [2.24, 2.45) is 0 Å². The van der Waals surface area contributed by atoms with E-state index >= 15 is 0 Å². The van der Waals surface area contributed by atoms with Crippen LogP contribution in [0.2, 0.25) is 5.02 Å². The van der Waals surface area contributed by atoms with Gasteiger partial charge in [0.2, 0.25) is 0 Å². The number of carbonyl (C=O) groups is 1. The van der Waals surface area contributed by atoms with Crippen LogP contribution in [-0.4, -0.2) is 39.8 Å². The molecule has 18 heavy (non-hydrogen) atoms. The molecule has 100 valence electrons. The predicted molar refractivity (Wildman–Crippen MR) is 73.4 cm³/mol. The summed E-state index contributed by atoms with van der Waals surface area (Å²) in [5.74, 6) is 1.81. The third-order valence-electron chi connectivity index (χ3n) is 2.97. The number of aromatic nitrogens is 2. The molecule has 4 nitrogen and oxygen atoms in total. The van der Waals surface area contributed by atoms with Crippen LogP contribution in [0.3, 0.4) is 0 Å². The molecule has 1 unspecified atom stereocenters. The number of thioether (sulfide) groups is 1. The number of halogens is 1. The maximum absolute atomic E-state index is 12.2. The Labute approximate surface area is 116 Å². The Morgan fingerprint density at radius 2 is 2.44 bits per heavy atom. The number of ketones is 1. The second-order valence-corrected chi connectivity index (χ2v) is 5.77. The highest BCUT2D eigenvalue weighted by Crippen LogP contribution is 2.22. The normalized spacial score (nSPS) is 20.1. The Kier molecular flexibility index (Phi) is 4.70. The fourth-order valence-corrected chi connectivity index (χ4v) is 3.07. The van der Waals surface area contributed by atoms with Gasteiger partial charge in [-0.05, 0) is 13.8 Å². The van der Waals surface area contributed by atoms with Gasteiger partial charge in [0.15, 0.2) is 5.78 Å². The van der Waals surface area contributed by atoms with E-state index in [4.69, 9.17) is 16.3 Å². The summed E-state index contributed by atoms with van der Waals surface area (Å²) in [7, 11) is 0. The minimum atomic E-state index is -0.291. The van der Waals surface area contributed by atoms with E-state index < -0.39 is 0 Å². The summed E-state index contributed by atoms with van der Waals surface area (Å²) in [5.41, 5.74) is 1.58. The lowest BCUT2D eigenvalue weighted by Gasteiger charge is -2.21. The number of carbonyl (C=O) groups excluding carboxylic acids is 1. The molecule has 0 bridgehead atoms. The highest BCUT2D eigenvalue weighted by atomic mass is 35.5. The number of nitrogens with zero attached hydrogens (tertiary/aromatic N) is 2. The average Bonchev–Trinajstić information content (AvgIpc) is 2.67. The topological polar surface area (TPSA) is 44.1 Å². The third-order valence-corrected chi connectivity index (χ3v) is 4.45. The molecule has 1 aromatic heterocycles. The van der Waals surface area contributed by atoms with Gasteiger partial charge in [-0.25, -0.2) is 0 Å². The molecule has 0 saturated carbocycles. The molecule has 2 rings (SSSR count). The van der Waals surface area contributed by atoms with Crippen molar-refractivity contribution in [3.8, 4) is 0 Å². The van der Waals surface area contributed by atoms with Crippen molar-refractivity contribution < 1.29 is 9.53 Å². The van der Waals surface area contributed by atoms with Gasteiger partial charge in [0.1, 0.15) is 6.10 Å². The van der Waals surface area contributed by atoms with Crippen molar-refractivity contribution in [3.05, 3.63) is 16.4 Å². The fraction of sp³-hybridized carbons (Fsp3) is 0.667. The van der Waals surface area contributed by atoms with E-state index in [9.17, 15) is 4.79 Å². The summed E-state index contributed by atoms with van der Waals surface area (Å²) in [6.45, 7) is 5.22. The molecular formula is C12H17ClN2O2S. The summed E-state index contributed by atoms with van der Waals surface area (Å²) in [6, 6.07) is 0. The number of rotatable bonds is 4. The van der Waals surface area contributed by atoms with Crippen LogP contribution in [-0.2, 0) is 22.5 Å². The van der Waals surface area contributed by atoms with Gasteiger partial charge in [0, 0.05) is 18.1 Å². The first-order valence-electron chi connectivity index (χ1n) is 6.07. The van der Waals surface area contributed by atoms with Crippen molar-refractivity contribution in [3.63, 3.8) is 0 Å². The van der Waals surface area contributed by atoms with Gasteiger partial charge in [0.25, 0.3) is 0 Å². The van der Waals surface area contributed by atoms with Gasteiger partial charge in [-0.3, -0.25) is 9.48 Å². The van der Waals surface area contributed by atoms with Gasteiger partial charge >= 0.3 is 0 Å². The van der Waals surface area contributed by atoms with Crippen LogP contribution in [0.5, 0.6) is 0 Å². The highest BCUT2D eigenvalue weighted by molar-refractivity contribution is 7.99. The first-order chi connectivity index (χ1) is 8.63. The van der Waals surface area contributed by atoms with Gasteiger partial charge in [-0.15, -0.1) is 0 Å². The lowest BCUT2D eigenvalue weighted by molar-refractivity contribution is -0.128. The fourth-order valence-electron chi connectivity index (χ4n) is 1.99. The van der Waals surface area contributed by atoms with Gasteiger partial charge in [-0.1, -0.05) is 11.6 Å². The number of hydrogen-bond donors (Lipinski definition) is 0. The molecule has 1 saturated heterocycles. The first-order valence-corrected chi connectivity index (χ1v) is 7.60. The van der Waals surface area contributed by atoms with Crippen LogP contribution in [0.1, 0.15) is 18.3 Å². The van der Waals surface area contributed by atoms with E-state index in [1.807, 2.05) is 13.8 Å². The molecule has 0 radical (unpaired) electrons. The Hall–Kier alpha value is -0.520. The molecule has 1 aromatic rings. The maximum Gasteiger partial charge on any atom is 0.168 e. The van der Waals surface area contributed by atoms with Gasteiger partial charge < -0.3 is 4.74 Å². The predicted octanol–water partition coefficient (Wildman–Crippen LogP) is 2.11. The minimum absolute atomic E-state index is 0.0960. The Balaban J connectivity index is 2.10. The van der Waals surface area contributed by atoms with Crippen LogP contribution in [0.15, 0.2) is 0 Å². The van der Waals surface area contributed by atoms with Crippen molar-refractivity contribution in [1.82, 2.24) is 9.78 Å². The smallest absolute Gasteiger partial charge is 0.168 e. The molecule has 1 fully saturated rings. The molecule has 6 heteroatoms. The zero-order valence-electron chi connectivity index (χ0n) is 10.6. The Morgan fingerprint density at radius 3 is 3.06 bits per heavy atom. The maximum atomic E-state index is 12.2. The Bertz CT molecular complexity index is 442. The summed E-state index contributed by atoms with van der Waals surface area (Å²) >= 11 is 7.95. The summed E-state index contributed by atoms with van der Waals surface area (Å²) < 4.78 is 7.29. The monoisotopic (exact) mass is 288 g/mol. The van der Waals surface area contributed by atoms with Crippen molar-refractivity contribution in [2.75, 3.05) is 18.1 Å².